The van der Waals surface area contributed by atoms with Gasteiger partial charge < -0.3 is 14.8 Å². The average molecular weight is 383 g/mol. The summed E-state index contributed by atoms with van der Waals surface area (Å²) < 4.78 is 11.6. The van der Waals surface area contributed by atoms with Crippen LogP contribution < -0.4 is 14.8 Å². The maximum Gasteiger partial charge on any atom is 0.238 e. The Balaban J connectivity index is 1.53. The Labute approximate surface area is 141 Å². The van der Waals surface area contributed by atoms with Crippen LogP contribution in [0.3, 0.4) is 0 Å². The summed E-state index contributed by atoms with van der Waals surface area (Å²) in [7, 11) is 1.92. The van der Waals surface area contributed by atoms with Crippen molar-refractivity contribution < 1.29 is 14.3 Å². The second kappa shape index (κ2) is 6.68. The van der Waals surface area contributed by atoms with Crippen LogP contribution >= 0.6 is 27.3 Å². The molecule has 1 aliphatic heterocycles. The van der Waals surface area contributed by atoms with Crippen molar-refractivity contribution in [3.05, 3.63) is 39.0 Å². The fourth-order valence-corrected chi connectivity index (χ4v) is 3.42. The van der Waals surface area contributed by atoms with Crippen LogP contribution in [-0.2, 0) is 11.3 Å². The second-order valence-corrected chi connectivity index (χ2v) is 7.34. The molecule has 3 rings (SSSR count). The molecule has 0 saturated heterocycles. The normalized spacial score (nSPS) is 12.7. The summed E-state index contributed by atoms with van der Waals surface area (Å²) in [5, 5.41) is 4.95. The molecule has 1 aliphatic rings. The summed E-state index contributed by atoms with van der Waals surface area (Å²) in [5.74, 6) is 1.31. The molecule has 1 N–H and O–H groups in total. The third kappa shape index (κ3) is 3.79. The van der Waals surface area contributed by atoms with Crippen LogP contribution in [0.15, 0.2) is 33.4 Å². The molecule has 5 nitrogen and oxygen atoms in total. The number of likely N-dealkylation sites (N-methyl/N-ethyl adjacent to an activating group) is 1. The van der Waals surface area contributed by atoms with Crippen molar-refractivity contribution in [3.63, 3.8) is 0 Å². The minimum absolute atomic E-state index is 0.0596. The number of carbonyl (C=O) groups is 1. The quantitative estimate of drug-likeness (QED) is 0.861. The molecule has 1 aromatic carbocycles. The minimum Gasteiger partial charge on any atom is -0.454 e. The lowest BCUT2D eigenvalue weighted by Crippen LogP contribution is -2.29. The first kappa shape index (κ1) is 15.3. The number of nitrogens with one attached hydrogen (secondary N) is 1. The lowest BCUT2D eigenvalue weighted by molar-refractivity contribution is -0.117. The van der Waals surface area contributed by atoms with Gasteiger partial charge in [-0.25, -0.2) is 0 Å². The van der Waals surface area contributed by atoms with Gasteiger partial charge in [0.2, 0.25) is 12.7 Å². The first-order valence-electron chi connectivity index (χ1n) is 6.71. The van der Waals surface area contributed by atoms with E-state index < -0.39 is 0 Å². The van der Waals surface area contributed by atoms with E-state index in [9.17, 15) is 4.79 Å². The summed E-state index contributed by atoms with van der Waals surface area (Å²) >= 11 is 5.08. The molecule has 116 valence electrons. The number of halogens is 1. The highest BCUT2D eigenvalue weighted by Gasteiger charge is 2.14. The number of carbonyl (C=O) groups excluding carboxylic acids is 1. The molecule has 0 spiro atoms. The van der Waals surface area contributed by atoms with E-state index in [4.69, 9.17) is 9.47 Å². The lowest BCUT2D eigenvalue weighted by Gasteiger charge is -2.15. The monoisotopic (exact) mass is 382 g/mol. The fourth-order valence-electron chi connectivity index (χ4n) is 2.22. The topological polar surface area (TPSA) is 50.8 Å². The van der Waals surface area contributed by atoms with Crippen molar-refractivity contribution in [2.24, 2.45) is 0 Å². The van der Waals surface area contributed by atoms with Gasteiger partial charge in [-0.05, 0) is 52.1 Å². The van der Waals surface area contributed by atoms with E-state index in [0.29, 0.717) is 23.7 Å². The summed E-state index contributed by atoms with van der Waals surface area (Å²) in [6, 6.07) is 7.44. The Morgan fingerprint density at radius 3 is 2.95 bits per heavy atom. The fraction of sp³-hybridized carbons (Fsp3) is 0.267. The first-order chi connectivity index (χ1) is 10.6. The highest BCUT2D eigenvalue weighted by atomic mass is 79.9. The van der Waals surface area contributed by atoms with Crippen LogP contribution in [0.4, 0.5) is 5.69 Å². The van der Waals surface area contributed by atoms with Crippen molar-refractivity contribution >= 4 is 38.9 Å². The van der Waals surface area contributed by atoms with Crippen molar-refractivity contribution in [1.82, 2.24) is 4.90 Å². The zero-order valence-corrected chi connectivity index (χ0v) is 14.4. The van der Waals surface area contributed by atoms with Crippen LogP contribution in [0.2, 0.25) is 0 Å². The number of amides is 1. The van der Waals surface area contributed by atoms with E-state index in [2.05, 4.69) is 32.7 Å². The maximum atomic E-state index is 12.1. The average Bonchev–Trinajstić information content (AvgIpc) is 3.06. The van der Waals surface area contributed by atoms with Gasteiger partial charge in [-0.15, -0.1) is 11.3 Å². The van der Waals surface area contributed by atoms with Crippen molar-refractivity contribution in [3.8, 4) is 11.5 Å². The van der Waals surface area contributed by atoms with Crippen LogP contribution in [0.1, 0.15) is 5.56 Å². The Hall–Kier alpha value is -1.57. The maximum absolute atomic E-state index is 12.1. The second-order valence-electron chi connectivity index (χ2n) is 5.05. The molecule has 0 radical (unpaired) electrons. The van der Waals surface area contributed by atoms with E-state index in [1.165, 1.54) is 5.56 Å². The van der Waals surface area contributed by atoms with E-state index in [0.717, 1.165) is 10.3 Å². The molecule has 0 fully saturated rings. The number of ether oxygens (including phenoxy) is 2. The summed E-state index contributed by atoms with van der Waals surface area (Å²) in [5.41, 5.74) is 1.90. The molecular formula is C15H15BrN2O3S. The number of hydrogen-bond donors (Lipinski definition) is 1. The SMILES string of the molecule is CN(CC(=O)Nc1ccc2c(c1)OCO2)Cc1csc(Br)c1. The lowest BCUT2D eigenvalue weighted by atomic mass is 10.2. The van der Waals surface area contributed by atoms with Gasteiger partial charge in [-0.2, -0.15) is 0 Å². The Bertz CT molecular complexity index is 689. The largest absolute Gasteiger partial charge is 0.454 e. The van der Waals surface area contributed by atoms with Gasteiger partial charge in [-0.3, -0.25) is 9.69 Å². The molecule has 1 amide bonds. The van der Waals surface area contributed by atoms with Gasteiger partial charge >= 0.3 is 0 Å². The Kier molecular flexibility index (Phi) is 4.66. The highest BCUT2D eigenvalue weighted by molar-refractivity contribution is 9.11. The van der Waals surface area contributed by atoms with Crippen molar-refractivity contribution in [2.45, 2.75) is 6.54 Å². The van der Waals surface area contributed by atoms with Gasteiger partial charge in [0.25, 0.3) is 0 Å². The molecule has 0 unspecified atom stereocenters. The zero-order chi connectivity index (χ0) is 15.5. The van der Waals surface area contributed by atoms with Gasteiger partial charge in [0.1, 0.15) is 0 Å². The Morgan fingerprint density at radius 2 is 2.18 bits per heavy atom. The van der Waals surface area contributed by atoms with Crippen molar-refractivity contribution in [2.75, 3.05) is 25.7 Å². The molecular weight excluding hydrogens is 368 g/mol. The van der Waals surface area contributed by atoms with Crippen molar-refractivity contribution in [1.29, 1.82) is 0 Å². The summed E-state index contributed by atoms with van der Waals surface area (Å²) in [6.07, 6.45) is 0. The summed E-state index contributed by atoms with van der Waals surface area (Å²) in [6.45, 7) is 1.28. The van der Waals surface area contributed by atoms with Gasteiger partial charge in [0, 0.05) is 18.3 Å². The predicted molar refractivity (Wildman–Crippen MR) is 89.5 cm³/mol. The number of anilines is 1. The molecule has 1 aromatic heterocycles. The number of thiophene rings is 1. The Morgan fingerprint density at radius 1 is 1.36 bits per heavy atom. The number of rotatable bonds is 5. The van der Waals surface area contributed by atoms with Gasteiger partial charge in [0.05, 0.1) is 10.3 Å². The van der Waals surface area contributed by atoms with Crippen LogP contribution in [0.5, 0.6) is 11.5 Å². The number of hydrogen-bond acceptors (Lipinski definition) is 5. The molecule has 0 bridgehead atoms. The first-order valence-corrected chi connectivity index (χ1v) is 8.38. The molecule has 2 heterocycles. The van der Waals surface area contributed by atoms with E-state index in [1.54, 1.807) is 29.5 Å². The molecule has 0 aliphatic carbocycles. The number of benzene rings is 1. The van der Waals surface area contributed by atoms with E-state index in [1.807, 2.05) is 11.9 Å². The number of nitrogens with zero attached hydrogens (tertiary/aromatic N) is 1. The van der Waals surface area contributed by atoms with E-state index in [-0.39, 0.29) is 12.7 Å². The molecule has 0 atom stereocenters. The molecule has 2 aromatic rings. The van der Waals surface area contributed by atoms with Crippen LogP contribution in [-0.4, -0.2) is 31.2 Å². The van der Waals surface area contributed by atoms with Gasteiger partial charge in [-0.1, -0.05) is 0 Å². The van der Waals surface area contributed by atoms with Gasteiger partial charge in [0.15, 0.2) is 11.5 Å². The smallest absolute Gasteiger partial charge is 0.238 e. The predicted octanol–water partition coefficient (Wildman–Crippen LogP) is 3.31. The summed E-state index contributed by atoms with van der Waals surface area (Å²) in [4.78, 5) is 14.1. The third-order valence-electron chi connectivity index (χ3n) is 3.14. The third-order valence-corrected chi connectivity index (χ3v) is 4.70. The zero-order valence-electron chi connectivity index (χ0n) is 12.0. The standard InChI is InChI=1S/C15H15BrN2O3S/c1-18(6-10-4-14(16)22-8-10)7-15(19)17-11-2-3-12-13(5-11)21-9-20-12/h2-5,8H,6-7,9H2,1H3,(H,17,19). The molecule has 22 heavy (non-hydrogen) atoms. The van der Waals surface area contributed by atoms with Crippen LogP contribution in [0, 0.1) is 0 Å². The molecule has 7 heteroatoms. The van der Waals surface area contributed by atoms with Crippen LogP contribution in [0.25, 0.3) is 0 Å². The highest BCUT2D eigenvalue weighted by Crippen LogP contribution is 2.34. The minimum atomic E-state index is -0.0596. The number of fused-ring (bicyclic) bond motifs is 1. The van der Waals surface area contributed by atoms with E-state index >= 15 is 0 Å². The molecule has 0 saturated carbocycles.